The minimum Gasteiger partial charge on any atom is -0.469 e. The highest BCUT2D eigenvalue weighted by Crippen LogP contribution is 2.30. The Morgan fingerprint density at radius 2 is 1.40 bits per heavy atom. The number of nitrogens with zero attached hydrogens (tertiary/aromatic N) is 2. The third-order valence-corrected chi connectivity index (χ3v) is 8.24. The maximum atomic E-state index is 12.5. The summed E-state index contributed by atoms with van der Waals surface area (Å²) >= 11 is 0. The number of carbonyl (C=O) groups is 3. The van der Waals surface area contributed by atoms with E-state index in [1.54, 1.807) is 0 Å². The number of hydrogen-bond donors (Lipinski definition) is 2. The molecule has 3 aliphatic rings. The topological polar surface area (TPSA) is 91.0 Å². The maximum absolute atomic E-state index is 12.5. The Bertz CT molecular complexity index is 866. The molecule has 0 atom stereocenters. The Kier molecular flexibility index (Phi) is 8.65. The first-order valence-corrected chi connectivity index (χ1v) is 13.2. The molecular formula is C27H40N4O4. The first-order chi connectivity index (χ1) is 16.9. The van der Waals surface area contributed by atoms with E-state index >= 15 is 0 Å². The highest BCUT2D eigenvalue weighted by Gasteiger charge is 2.31. The van der Waals surface area contributed by atoms with Crippen LogP contribution in [0.4, 0.5) is 5.69 Å². The molecule has 35 heavy (non-hydrogen) atoms. The van der Waals surface area contributed by atoms with Gasteiger partial charge in [0.1, 0.15) is 0 Å². The Morgan fingerprint density at radius 1 is 0.800 bits per heavy atom. The molecule has 0 unspecified atom stereocenters. The van der Waals surface area contributed by atoms with Crippen molar-refractivity contribution in [3.63, 3.8) is 0 Å². The van der Waals surface area contributed by atoms with Gasteiger partial charge in [-0.1, -0.05) is 6.92 Å². The van der Waals surface area contributed by atoms with Crippen molar-refractivity contribution < 1.29 is 19.1 Å². The molecule has 192 valence electrons. The van der Waals surface area contributed by atoms with Gasteiger partial charge in [-0.05, 0) is 81.5 Å². The van der Waals surface area contributed by atoms with Crippen molar-refractivity contribution in [2.75, 3.05) is 38.2 Å². The lowest BCUT2D eigenvalue weighted by molar-refractivity contribution is -0.147. The van der Waals surface area contributed by atoms with Gasteiger partial charge in [-0.2, -0.15) is 0 Å². The predicted molar refractivity (Wildman–Crippen MR) is 135 cm³/mol. The molecule has 1 aromatic carbocycles. The van der Waals surface area contributed by atoms with Crippen molar-refractivity contribution in [3.8, 4) is 0 Å². The molecular weight excluding hydrogens is 444 g/mol. The molecule has 3 fully saturated rings. The number of esters is 1. The van der Waals surface area contributed by atoms with Crippen LogP contribution in [0.1, 0.15) is 68.6 Å². The van der Waals surface area contributed by atoms with E-state index in [1.807, 2.05) is 24.3 Å². The van der Waals surface area contributed by atoms with Gasteiger partial charge in [-0.15, -0.1) is 0 Å². The van der Waals surface area contributed by atoms with E-state index in [9.17, 15) is 14.4 Å². The van der Waals surface area contributed by atoms with Gasteiger partial charge < -0.3 is 9.64 Å². The first kappa shape index (κ1) is 25.5. The van der Waals surface area contributed by atoms with Crippen LogP contribution in [-0.4, -0.2) is 62.0 Å². The van der Waals surface area contributed by atoms with Crippen LogP contribution in [0.5, 0.6) is 0 Å². The number of methoxy groups -OCH3 is 1. The van der Waals surface area contributed by atoms with Gasteiger partial charge in [0.15, 0.2) is 0 Å². The quantitative estimate of drug-likeness (QED) is 0.493. The SMILES string of the molecule is COC(=O)C1CCC(C(=O)NNC(=O)c2ccc(N3CCN(C4CCC(C)CC4)CC3)cc2)CC1. The van der Waals surface area contributed by atoms with E-state index in [0.29, 0.717) is 31.2 Å². The molecule has 0 aromatic heterocycles. The number of anilines is 1. The smallest absolute Gasteiger partial charge is 0.308 e. The zero-order valence-corrected chi connectivity index (χ0v) is 21.1. The monoisotopic (exact) mass is 484 g/mol. The van der Waals surface area contributed by atoms with Gasteiger partial charge in [0.25, 0.3) is 5.91 Å². The van der Waals surface area contributed by atoms with Gasteiger partial charge >= 0.3 is 5.97 Å². The third-order valence-electron chi connectivity index (χ3n) is 8.24. The Morgan fingerprint density at radius 3 is 2.00 bits per heavy atom. The minimum atomic E-state index is -0.329. The lowest BCUT2D eigenvalue weighted by Crippen LogP contribution is -2.51. The molecule has 0 spiro atoms. The van der Waals surface area contributed by atoms with E-state index in [0.717, 1.165) is 43.8 Å². The number of hydrogen-bond acceptors (Lipinski definition) is 6. The van der Waals surface area contributed by atoms with Crippen LogP contribution in [0.2, 0.25) is 0 Å². The molecule has 1 saturated heterocycles. The van der Waals surface area contributed by atoms with E-state index in [-0.39, 0.29) is 29.6 Å². The van der Waals surface area contributed by atoms with Gasteiger partial charge in [0.2, 0.25) is 5.91 Å². The molecule has 1 aliphatic heterocycles. The van der Waals surface area contributed by atoms with E-state index in [1.165, 1.54) is 32.8 Å². The summed E-state index contributed by atoms with van der Waals surface area (Å²) in [5.41, 5.74) is 6.73. The summed E-state index contributed by atoms with van der Waals surface area (Å²) in [5.74, 6) is -0.190. The largest absolute Gasteiger partial charge is 0.469 e. The summed E-state index contributed by atoms with van der Waals surface area (Å²) in [5, 5.41) is 0. The van der Waals surface area contributed by atoms with Gasteiger partial charge in [0, 0.05) is 49.4 Å². The van der Waals surface area contributed by atoms with Crippen LogP contribution in [0, 0.1) is 17.8 Å². The summed E-state index contributed by atoms with van der Waals surface area (Å²) in [6.45, 7) is 6.56. The maximum Gasteiger partial charge on any atom is 0.308 e. The van der Waals surface area contributed by atoms with Crippen molar-refractivity contribution in [1.29, 1.82) is 0 Å². The molecule has 0 bridgehead atoms. The Labute approximate surface area is 208 Å². The molecule has 8 heteroatoms. The summed E-state index contributed by atoms with van der Waals surface area (Å²) in [6.07, 6.45) is 7.86. The second kappa shape index (κ2) is 11.9. The molecule has 1 heterocycles. The van der Waals surface area contributed by atoms with Crippen molar-refractivity contribution >= 4 is 23.5 Å². The van der Waals surface area contributed by atoms with Crippen molar-refractivity contribution in [1.82, 2.24) is 15.8 Å². The van der Waals surface area contributed by atoms with Crippen LogP contribution in [0.25, 0.3) is 0 Å². The Balaban J connectivity index is 1.19. The standard InChI is InChI=1S/C27H40N4O4/c1-19-3-11-23(12-4-19)30-15-17-31(18-16-30)24-13-9-21(10-14-24)26(33)29-28-25(32)20-5-7-22(8-6-20)27(34)35-2/h9-10,13-14,19-20,22-23H,3-8,11-12,15-18H2,1-2H3,(H,28,32)(H,29,33). The summed E-state index contributed by atoms with van der Waals surface area (Å²) in [4.78, 5) is 41.7. The summed E-state index contributed by atoms with van der Waals surface area (Å²) in [6, 6.07) is 8.35. The van der Waals surface area contributed by atoms with Gasteiger partial charge in [0.05, 0.1) is 13.0 Å². The third kappa shape index (κ3) is 6.54. The van der Waals surface area contributed by atoms with Crippen molar-refractivity contribution in [3.05, 3.63) is 29.8 Å². The lowest BCUT2D eigenvalue weighted by atomic mass is 9.82. The number of carbonyl (C=O) groups excluding carboxylic acids is 3. The normalized spacial score (nSPS) is 27.7. The zero-order chi connectivity index (χ0) is 24.8. The van der Waals surface area contributed by atoms with Gasteiger partial charge in [-0.25, -0.2) is 0 Å². The van der Waals surface area contributed by atoms with Crippen LogP contribution in [0.15, 0.2) is 24.3 Å². The number of ether oxygens (including phenoxy) is 1. The van der Waals surface area contributed by atoms with Crippen LogP contribution < -0.4 is 15.8 Å². The molecule has 2 saturated carbocycles. The highest BCUT2D eigenvalue weighted by atomic mass is 16.5. The lowest BCUT2D eigenvalue weighted by Gasteiger charge is -2.42. The van der Waals surface area contributed by atoms with Gasteiger partial charge in [-0.3, -0.25) is 30.1 Å². The van der Waals surface area contributed by atoms with Crippen LogP contribution in [0.3, 0.4) is 0 Å². The summed E-state index contributed by atoms with van der Waals surface area (Å²) < 4.78 is 4.79. The Hall–Kier alpha value is -2.61. The van der Waals surface area contributed by atoms with Crippen LogP contribution in [-0.2, 0) is 14.3 Å². The molecule has 4 rings (SSSR count). The number of benzene rings is 1. The second-order valence-electron chi connectivity index (χ2n) is 10.5. The van der Waals surface area contributed by atoms with E-state index < -0.39 is 0 Å². The molecule has 1 aromatic rings. The second-order valence-corrected chi connectivity index (χ2v) is 10.5. The molecule has 2 amide bonds. The number of piperazine rings is 1. The average molecular weight is 485 g/mol. The molecule has 0 radical (unpaired) electrons. The molecule has 2 aliphatic carbocycles. The fourth-order valence-corrected chi connectivity index (χ4v) is 5.83. The highest BCUT2D eigenvalue weighted by molar-refractivity contribution is 5.95. The summed E-state index contributed by atoms with van der Waals surface area (Å²) in [7, 11) is 1.39. The fraction of sp³-hybridized carbons (Fsp3) is 0.667. The minimum absolute atomic E-state index is 0.129. The molecule has 8 nitrogen and oxygen atoms in total. The van der Waals surface area contributed by atoms with Crippen molar-refractivity contribution in [2.45, 2.75) is 64.3 Å². The number of nitrogens with one attached hydrogen (secondary N) is 2. The number of hydrazine groups is 1. The number of rotatable bonds is 5. The van der Waals surface area contributed by atoms with Crippen LogP contribution >= 0.6 is 0 Å². The predicted octanol–water partition coefficient (Wildman–Crippen LogP) is 3.13. The fourth-order valence-electron chi connectivity index (χ4n) is 5.83. The zero-order valence-electron chi connectivity index (χ0n) is 21.1. The van der Waals surface area contributed by atoms with Crippen molar-refractivity contribution in [2.24, 2.45) is 17.8 Å². The number of amides is 2. The van der Waals surface area contributed by atoms with E-state index in [2.05, 4.69) is 27.6 Å². The van der Waals surface area contributed by atoms with E-state index in [4.69, 9.17) is 4.74 Å². The molecule has 2 N–H and O–H groups in total. The average Bonchev–Trinajstić information content (AvgIpc) is 2.92. The first-order valence-electron chi connectivity index (χ1n) is 13.2.